The quantitative estimate of drug-likeness (QED) is 0.861. The van der Waals surface area contributed by atoms with Crippen LogP contribution in [0.25, 0.3) is 10.9 Å². The van der Waals surface area contributed by atoms with E-state index in [4.69, 9.17) is 5.11 Å². The van der Waals surface area contributed by atoms with E-state index in [-0.39, 0.29) is 6.42 Å². The van der Waals surface area contributed by atoms with Crippen LogP contribution in [0.3, 0.4) is 0 Å². The van der Waals surface area contributed by atoms with E-state index < -0.39 is 5.97 Å². The topological polar surface area (TPSA) is 42.2 Å². The maximum Gasteiger partial charge on any atom is 0.303 e. The Morgan fingerprint density at radius 3 is 2.78 bits per heavy atom. The third kappa shape index (κ3) is 2.25. The fourth-order valence-corrected chi connectivity index (χ4v) is 2.74. The van der Waals surface area contributed by atoms with Crippen LogP contribution in [0.5, 0.6) is 0 Å². The summed E-state index contributed by atoms with van der Waals surface area (Å²) in [6, 6.07) is 6.37. The first-order valence-electron chi connectivity index (χ1n) is 5.88. The zero-order chi connectivity index (χ0) is 13.3. The molecular weight excluding hydrogens is 246 g/mol. The molecule has 3 nitrogen and oxygen atoms in total. The van der Waals surface area contributed by atoms with E-state index in [9.17, 15) is 4.79 Å². The standard InChI is InChI=1S/C14H17NO2S/c1-9-11(5-7-14(16)17)12-8-10(18-3)4-6-13(12)15(9)2/h4,6,8H,5,7H2,1-3H3,(H,16,17). The average molecular weight is 263 g/mol. The maximum atomic E-state index is 10.7. The normalized spacial score (nSPS) is 11.1. The van der Waals surface area contributed by atoms with Gasteiger partial charge in [0.15, 0.2) is 0 Å². The van der Waals surface area contributed by atoms with Gasteiger partial charge in [0.2, 0.25) is 0 Å². The van der Waals surface area contributed by atoms with Crippen LogP contribution in [-0.4, -0.2) is 21.9 Å². The number of benzene rings is 1. The molecule has 0 spiro atoms. The number of aryl methyl sites for hydroxylation is 2. The number of carbonyl (C=O) groups is 1. The average Bonchev–Trinajstić information content (AvgIpc) is 2.59. The molecule has 4 heteroatoms. The summed E-state index contributed by atoms with van der Waals surface area (Å²) in [6.07, 6.45) is 2.83. The Labute approximate surface area is 111 Å². The Balaban J connectivity index is 2.55. The first-order valence-corrected chi connectivity index (χ1v) is 7.10. The van der Waals surface area contributed by atoms with Crippen LogP contribution in [0.15, 0.2) is 23.1 Å². The summed E-state index contributed by atoms with van der Waals surface area (Å²) in [6.45, 7) is 2.05. The number of carboxylic acids is 1. The molecule has 0 amide bonds. The van der Waals surface area contributed by atoms with E-state index in [0.29, 0.717) is 6.42 Å². The molecule has 0 aliphatic heterocycles. The fourth-order valence-electron chi connectivity index (χ4n) is 2.30. The Morgan fingerprint density at radius 1 is 1.44 bits per heavy atom. The Bertz CT molecular complexity index is 601. The van der Waals surface area contributed by atoms with Crippen LogP contribution >= 0.6 is 11.8 Å². The molecule has 0 radical (unpaired) electrons. The lowest BCUT2D eigenvalue weighted by Crippen LogP contribution is -1.99. The van der Waals surface area contributed by atoms with Gasteiger partial charge in [-0.3, -0.25) is 4.79 Å². The van der Waals surface area contributed by atoms with Crippen molar-refractivity contribution in [3.05, 3.63) is 29.5 Å². The highest BCUT2D eigenvalue weighted by atomic mass is 32.2. The summed E-state index contributed by atoms with van der Waals surface area (Å²) in [5, 5.41) is 10.0. The van der Waals surface area contributed by atoms with Gasteiger partial charge in [-0.15, -0.1) is 11.8 Å². The third-order valence-electron chi connectivity index (χ3n) is 3.42. The predicted octanol–water partition coefficient (Wildman–Crippen LogP) is 3.23. The van der Waals surface area contributed by atoms with Gasteiger partial charge in [-0.25, -0.2) is 0 Å². The van der Waals surface area contributed by atoms with Gasteiger partial charge in [0.1, 0.15) is 0 Å². The highest BCUT2D eigenvalue weighted by molar-refractivity contribution is 7.98. The second-order valence-electron chi connectivity index (χ2n) is 4.40. The Morgan fingerprint density at radius 2 is 2.17 bits per heavy atom. The van der Waals surface area contributed by atoms with Crippen LogP contribution in [0.1, 0.15) is 17.7 Å². The minimum atomic E-state index is -0.743. The first kappa shape index (κ1) is 13.0. The van der Waals surface area contributed by atoms with Crippen molar-refractivity contribution in [2.75, 3.05) is 6.26 Å². The number of thioether (sulfide) groups is 1. The van der Waals surface area contributed by atoms with Crippen LogP contribution in [0, 0.1) is 6.92 Å². The van der Waals surface area contributed by atoms with Crippen LogP contribution < -0.4 is 0 Å². The molecule has 2 aromatic rings. The van der Waals surface area contributed by atoms with Crippen LogP contribution in [-0.2, 0) is 18.3 Å². The van der Waals surface area contributed by atoms with Crippen molar-refractivity contribution < 1.29 is 9.90 Å². The number of hydrogen-bond donors (Lipinski definition) is 1. The SMILES string of the molecule is CSc1ccc2c(c1)c(CCC(=O)O)c(C)n2C. The molecule has 1 heterocycles. The number of aromatic nitrogens is 1. The molecule has 0 saturated carbocycles. The van der Waals surface area contributed by atoms with E-state index in [0.717, 1.165) is 11.3 Å². The molecular formula is C14H17NO2S. The first-order chi connectivity index (χ1) is 8.54. The maximum absolute atomic E-state index is 10.7. The van der Waals surface area contributed by atoms with Gasteiger partial charge in [0.05, 0.1) is 0 Å². The largest absolute Gasteiger partial charge is 0.481 e. The van der Waals surface area contributed by atoms with Crippen molar-refractivity contribution in [3.8, 4) is 0 Å². The lowest BCUT2D eigenvalue weighted by molar-refractivity contribution is -0.136. The molecule has 96 valence electrons. The van der Waals surface area contributed by atoms with Gasteiger partial charge in [0, 0.05) is 35.0 Å². The van der Waals surface area contributed by atoms with Crippen molar-refractivity contribution in [2.24, 2.45) is 7.05 Å². The lowest BCUT2D eigenvalue weighted by atomic mass is 10.1. The number of fused-ring (bicyclic) bond motifs is 1. The van der Waals surface area contributed by atoms with E-state index in [1.807, 2.05) is 13.3 Å². The lowest BCUT2D eigenvalue weighted by Gasteiger charge is -2.00. The summed E-state index contributed by atoms with van der Waals surface area (Å²) in [5.41, 5.74) is 3.49. The van der Waals surface area contributed by atoms with E-state index in [1.165, 1.54) is 15.8 Å². The van der Waals surface area contributed by atoms with Crippen molar-refractivity contribution in [1.82, 2.24) is 4.57 Å². The zero-order valence-corrected chi connectivity index (χ0v) is 11.7. The van der Waals surface area contributed by atoms with Crippen molar-refractivity contribution >= 4 is 28.6 Å². The smallest absolute Gasteiger partial charge is 0.303 e. The highest BCUT2D eigenvalue weighted by Gasteiger charge is 2.13. The summed E-state index contributed by atoms with van der Waals surface area (Å²) in [4.78, 5) is 12.0. The summed E-state index contributed by atoms with van der Waals surface area (Å²) in [5.74, 6) is -0.743. The van der Waals surface area contributed by atoms with Crippen LogP contribution in [0.4, 0.5) is 0 Å². The predicted molar refractivity (Wildman–Crippen MR) is 75.4 cm³/mol. The minimum absolute atomic E-state index is 0.184. The van der Waals surface area contributed by atoms with Gasteiger partial charge < -0.3 is 9.67 Å². The van der Waals surface area contributed by atoms with Gasteiger partial charge in [0.25, 0.3) is 0 Å². The van der Waals surface area contributed by atoms with Gasteiger partial charge in [-0.05, 0) is 43.4 Å². The molecule has 0 saturated heterocycles. The molecule has 1 N–H and O–H groups in total. The molecule has 18 heavy (non-hydrogen) atoms. The minimum Gasteiger partial charge on any atom is -0.481 e. The van der Waals surface area contributed by atoms with E-state index in [1.54, 1.807) is 11.8 Å². The molecule has 0 aliphatic carbocycles. The van der Waals surface area contributed by atoms with Crippen LogP contribution in [0.2, 0.25) is 0 Å². The number of hydrogen-bond acceptors (Lipinski definition) is 2. The highest BCUT2D eigenvalue weighted by Crippen LogP contribution is 2.29. The summed E-state index contributed by atoms with van der Waals surface area (Å²) < 4.78 is 2.14. The Kier molecular flexibility index (Phi) is 3.66. The second-order valence-corrected chi connectivity index (χ2v) is 5.28. The molecule has 0 atom stereocenters. The molecule has 0 unspecified atom stereocenters. The number of carboxylic acid groups (broad SMARTS) is 1. The van der Waals surface area contributed by atoms with Crippen molar-refractivity contribution in [2.45, 2.75) is 24.7 Å². The van der Waals surface area contributed by atoms with Crippen molar-refractivity contribution in [3.63, 3.8) is 0 Å². The van der Waals surface area contributed by atoms with Gasteiger partial charge >= 0.3 is 5.97 Å². The summed E-state index contributed by atoms with van der Waals surface area (Å²) in [7, 11) is 2.03. The summed E-state index contributed by atoms with van der Waals surface area (Å²) >= 11 is 1.71. The van der Waals surface area contributed by atoms with Crippen molar-refractivity contribution in [1.29, 1.82) is 0 Å². The number of rotatable bonds is 4. The molecule has 0 aliphatic rings. The van der Waals surface area contributed by atoms with E-state index >= 15 is 0 Å². The van der Waals surface area contributed by atoms with Gasteiger partial charge in [-0.1, -0.05) is 0 Å². The third-order valence-corrected chi connectivity index (χ3v) is 4.14. The van der Waals surface area contributed by atoms with E-state index in [2.05, 4.69) is 29.7 Å². The van der Waals surface area contributed by atoms with Gasteiger partial charge in [-0.2, -0.15) is 0 Å². The molecule has 1 aromatic carbocycles. The molecule has 0 bridgehead atoms. The molecule has 0 fully saturated rings. The molecule has 2 rings (SSSR count). The zero-order valence-electron chi connectivity index (χ0n) is 10.9. The fraction of sp³-hybridized carbons (Fsp3) is 0.357. The second kappa shape index (κ2) is 5.06. The monoisotopic (exact) mass is 263 g/mol. The molecule has 1 aromatic heterocycles. The number of nitrogens with zero attached hydrogens (tertiary/aromatic N) is 1. The number of aliphatic carboxylic acids is 1. The Hall–Kier alpha value is -1.42.